The maximum Gasteiger partial charge on any atom is 0.226 e. The summed E-state index contributed by atoms with van der Waals surface area (Å²) in [6.45, 7) is 4.12. The number of carbonyl (C=O) groups is 1. The summed E-state index contributed by atoms with van der Waals surface area (Å²) in [5.74, 6) is 2.89. The largest absolute Gasteiger partial charge is 0.491 e. The van der Waals surface area contributed by atoms with Crippen molar-refractivity contribution in [2.75, 3.05) is 37.7 Å². The number of rotatable bonds is 8. The Kier molecular flexibility index (Phi) is 6.67. The van der Waals surface area contributed by atoms with E-state index in [-0.39, 0.29) is 23.9 Å². The number of nitrogens with zero attached hydrogens (tertiary/aromatic N) is 4. The lowest BCUT2D eigenvalue weighted by Crippen LogP contribution is -2.42. The molecule has 0 radical (unpaired) electrons. The molecule has 0 unspecified atom stereocenters. The highest BCUT2D eigenvalue weighted by Gasteiger charge is 2.43. The number of likely N-dealkylation sites (tertiary alicyclic amines) is 1. The molecule has 0 bridgehead atoms. The maximum atomic E-state index is 14.4. The Labute approximate surface area is 199 Å². The van der Waals surface area contributed by atoms with Gasteiger partial charge in [0.2, 0.25) is 11.9 Å². The van der Waals surface area contributed by atoms with Gasteiger partial charge in [-0.15, -0.1) is 0 Å². The quantitative estimate of drug-likeness (QED) is 0.571. The van der Waals surface area contributed by atoms with E-state index in [1.165, 1.54) is 12.5 Å². The lowest BCUT2D eigenvalue weighted by atomic mass is 9.90. The van der Waals surface area contributed by atoms with E-state index in [1.54, 1.807) is 24.5 Å². The molecule has 6 nitrogen and oxygen atoms in total. The average Bonchev–Trinajstić information content (AvgIpc) is 3.54. The molecule has 3 heterocycles. The molecule has 1 aromatic carbocycles. The standard InChI is InChI=1S/C25H30ClFN4O2/c26-20-15-28-25(29-16-20)31-9-4-18(5-10-31)21-14-19(21)6-11-33-23-3-2-17(12-22(23)27)13-24(32)30-7-1-8-30/h2-3,12,15-16,18-19,21H,1,4-11,13-14H2/t19-,21-/m0/s1. The van der Waals surface area contributed by atoms with Gasteiger partial charge < -0.3 is 14.5 Å². The summed E-state index contributed by atoms with van der Waals surface area (Å²) in [6, 6.07) is 4.90. The molecule has 2 aliphatic heterocycles. The van der Waals surface area contributed by atoms with E-state index in [1.807, 2.05) is 4.90 Å². The Balaban J connectivity index is 1.02. The van der Waals surface area contributed by atoms with Gasteiger partial charge in [0.1, 0.15) is 0 Å². The molecule has 33 heavy (non-hydrogen) atoms. The summed E-state index contributed by atoms with van der Waals surface area (Å²) in [7, 11) is 0. The molecule has 2 aromatic rings. The Hall–Kier alpha value is -2.41. The van der Waals surface area contributed by atoms with E-state index in [2.05, 4.69) is 14.9 Å². The summed E-state index contributed by atoms with van der Waals surface area (Å²) < 4.78 is 20.2. The zero-order valence-corrected chi connectivity index (χ0v) is 19.5. The number of amides is 1. The van der Waals surface area contributed by atoms with Gasteiger partial charge in [0, 0.05) is 26.2 Å². The topological polar surface area (TPSA) is 58.6 Å². The van der Waals surface area contributed by atoms with E-state index in [0.717, 1.165) is 69.6 Å². The van der Waals surface area contributed by atoms with Crippen molar-refractivity contribution in [3.8, 4) is 5.75 Å². The van der Waals surface area contributed by atoms with Gasteiger partial charge in [-0.3, -0.25) is 4.79 Å². The summed E-state index contributed by atoms with van der Waals surface area (Å²) in [6.07, 6.45) is 9.12. The SMILES string of the molecule is O=C(Cc1ccc(OCC[C@H]2C[C@H]2C2CCN(c3ncc(Cl)cn3)CC2)c(F)c1)N1CCC1. The molecule has 2 saturated heterocycles. The summed E-state index contributed by atoms with van der Waals surface area (Å²) in [5.41, 5.74) is 0.703. The number of aromatic nitrogens is 2. The molecule has 1 aromatic heterocycles. The molecular weight excluding hydrogens is 443 g/mol. The first kappa shape index (κ1) is 22.4. The Morgan fingerprint density at radius 3 is 2.58 bits per heavy atom. The zero-order valence-electron chi connectivity index (χ0n) is 18.8. The van der Waals surface area contributed by atoms with Crippen molar-refractivity contribution < 1.29 is 13.9 Å². The smallest absolute Gasteiger partial charge is 0.226 e. The number of hydrogen-bond acceptors (Lipinski definition) is 5. The number of hydrogen-bond donors (Lipinski definition) is 0. The van der Waals surface area contributed by atoms with Gasteiger partial charge in [-0.2, -0.15) is 0 Å². The minimum absolute atomic E-state index is 0.0700. The van der Waals surface area contributed by atoms with E-state index >= 15 is 0 Å². The predicted molar refractivity (Wildman–Crippen MR) is 125 cm³/mol. The van der Waals surface area contributed by atoms with Gasteiger partial charge in [0.05, 0.1) is 30.4 Å². The van der Waals surface area contributed by atoms with Crippen LogP contribution in [-0.4, -0.2) is 53.6 Å². The third kappa shape index (κ3) is 5.40. The van der Waals surface area contributed by atoms with Gasteiger partial charge >= 0.3 is 0 Å². The first-order valence-electron chi connectivity index (χ1n) is 12.0. The molecule has 1 amide bonds. The molecule has 1 aliphatic carbocycles. The molecule has 176 valence electrons. The van der Waals surface area contributed by atoms with E-state index in [4.69, 9.17) is 16.3 Å². The van der Waals surface area contributed by atoms with Crippen LogP contribution in [0, 0.1) is 23.6 Å². The van der Waals surface area contributed by atoms with Crippen LogP contribution in [0.25, 0.3) is 0 Å². The highest BCUT2D eigenvalue weighted by Crippen LogP contribution is 2.49. The van der Waals surface area contributed by atoms with E-state index in [9.17, 15) is 9.18 Å². The first-order chi connectivity index (χ1) is 16.1. The fraction of sp³-hybridized carbons (Fsp3) is 0.560. The molecule has 1 saturated carbocycles. The normalized spacial score (nSPS) is 22.7. The zero-order chi connectivity index (χ0) is 22.8. The van der Waals surface area contributed by atoms with Crippen LogP contribution in [0.4, 0.5) is 10.3 Å². The molecule has 0 N–H and O–H groups in total. The number of piperidine rings is 1. The lowest BCUT2D eigenvalue weighted by molar-refractivity contribution is -0.133. The number of anilines is 1. The van der Waals surface area contributed by atoms with Gasteiger partial charge in [0.15, 0.2) is 11.6 Å². The Morgan fingerprint density at radius 2 is 1.91 bits per heavy atom. The van der Waals surface area contributed by atoms with Crippen molar-refractivity contribution in [3.05, 3.63) is 47.0 Å². The van der Waals surface area contributed by atoms with Crippen molar-refractivity contribution in [3.63, 3.8) is 0 Å². The fourth-order valence-electron chi connectivity index (χ4n) is 5.12. The first-order valence-corrected chi connectivity index (χ1v) is 12.4. The second kappa shape index (κ2) is 9.84. The van der Waals surface area contributed by atoms with Gasteiger partial charge in [0.25, 0.3) is 0 Å². The van der Waals surface area contributed by atoms with Crippen LogP contribution >= 0.6 is 11.6 Å². The van der Waals surface area contributed by atoms with Crippen LogP contribution in [0.5, 0.6) is 5.75 Å². The summed E-state index contributed by atoms with van der Waals surface area (Å²) in [4.78, 5) is 24.8. The van der Waals surface area contributed by atoms with Crippen molar-refractivity contribution >= 4 is 23.5 Å². The lowest BCUT2D eigenvalue weighted by Gasteiger charge is -2.32. The average molecular weight is 473 g/mol. The van der Waals surface area contributed by atoms with Gasteiger partial charge in [-0.1, -0.05) is 17.7 Å². The minimum atomic E-state index is -0.381. The molecule has 0 spiro atoms. The summed E-state index contributed by atoms with van der Waals surface area (Å²) >= 11 is 5.88. The molecule has 2 atom stereocenters. The van der Waals surface area contributed by atoms with Crippen molar-refractivity contribution in [2.24, 2.45) is 17.8 Å². The number of halogens is 2. The predicted octanol–water partition coefficient (Wildman–Crippen LogP) is 4.37. The number of carbonyl (C=O) groups excluding carboxylic acids is 1. The maximum absolute atomic E-state index is 14.4. The highest BCUT2D eigenvalue weighted by molar-refractivity contribution is 6.30. The van der Waals surface area contributed by atoms with Crippen LogP contribution in [0.15, 0.2) is 30.6 Å². The third-order valence-corrected chi connectivity index (χ3v) is 7.51. The monoisotopic (exact) mass is 472 g/mol. The second-order valence-corrected chi connectivity index (χ2v) is 9.93. The molecular formula is C25H30ClFN4O2. The van der Waals surface area contributed by atoms with Crippen molar-refractivity contribution in [1.82, 2.24) is 14.9 Å². The summed E-state index contributed by atoms with van der Waals surface area (Å²) in [5, 5.41) is 0.560. The number of benzene rings is 1. The van der Waals surface area contributed by atoms with Crippen LogP contribution in [0.1, 0.15) is 37.7 Å². The molecule has 3 fully saturated rings. The highest BCUT2D eigenvalue weighted by atomic mass is 35.5. The van der Waals surface area contributed by atoms with Crippen LogP contribution in [-0.2, 0) is 11.2 Å². The van der Waals surface area contributed by atoms with E-state index in [0.29, 0.717) is 23.1 Å². The molecule has 8 heteroatoms. The van der Waals surface area contributed by atoms with Crippen molar-refractivity contribution in [2.45, 2.75) is 38.5 Å². The Bertz CT molecular complexity index is 977. The second-order valence-electron chi connectivity index (χ2n) is 9.50. The van der Waals surface area contributed by atoms with Crippen molar-refractivity contribution in [1.29, 1.82) is 0 Å². The van der Waals surface area contributed by atoms with E-state index < -0.39 is 0 Å². The van der Waals surface area contributed by atoms with Crippen LogP contribution in [0.3, 0.4) is 0 Å². The molecule has 5 rings (SSSR count). The Morgan fingerprint density at radius 1 is 1.15 bits per heavy atom. The van der Waals surface area contributed by atoms with Crippen LogP contribution in [0.2, 0.25) is 5.02 Å². The third-order valence-electron chi connectivity index (χ3n) is 7.32. The number of ether oxygens (including phenoxy) is 1. The minimum Gasteiger partial charge on any atom is -0.491 e. The fourth-order valence-corrected chi connectivity index (χ4v) is 5.22. The van der Waals surface area contributed by atoms with Gasteiger partial charge in [-0.05, 0) is 67.6 Å². The van der Waals surface area contributed by atoms with Gasteiger partial charge in [-0.25, -0.2) is 14.4 Å². The van der Waals surface area contributed by atoms with Crippen LogP contribution < -0.4 is 9.64 Å². The molecule has 3 aliphatic rings.